The average Bonchev–Trinajstić information content (AvgIpc) is 2.43. The molecule has 1 heterocycles. The first-order valence-electron chi connectivity index (χ1n) is 6.64. The fourth-order valence-electron chi connectivity index (χ4n) is 2.31. The summed E-state index contributed by atoms with van der Waals surface area (Å²) >= 11 is 5.78. The van der Waals surface area contributed by atoms with E-state index in [0.717, 1.165) is 19.5 Å². The molecule has 1 atom stereocenters. The lowest BCUT2D eigenvalue weighted by Gasteiger charge is -2.22. The molecule has 1 fully saturated rings. The minimum Gasteiger partial charge on any atom is -0.506 e. The van der Waals surface area contributed by atoms with Crippen molar-refractivity contribution in [3.8, 4) is 5.75 Å². The van der Waals surface area contributed by atoms with Crippen LogP contribution in [0.1, 0.15) is 29.6 Å². The van der Waals surface area contributed by atoms with Crippen molar-refractivity contribution in [2.75, 3.05) is 19.6 Å². The van der Waals surface area contributed by atoms with Gasteiger partial charge in [0, 0.05) is 12.1 Å². The van der Waals surface area contributed by atoms with Crippen LogP contribution in [-0.4, -0.2) is 30.6 Å². The number of aromatic hydroxyl groups is 1. The van der Waals surface area contributed by atoms with Gasteiger partial charge in [-0.2, -0.15) is 0 Å². The second kappa shape index (κ2) is 6.78. The zero-order valence-corrected chi connectivity index (χ0v) is 11.5. The van der Waals surface area contributed by atoms with E-state index in [-0.39, 0.29) is 16.7 Å². The number of piperidine rings is 1. The molecule has 1 unspecified atom stereocenters. The first-order chi connectivity index (χ1) is 9.16. The van der Waals surface area contributed by atoms with Gasteiger partial charge < -0.3 is 15.7 Å². The van der Waals surface area contributed by atoms with Crippen LogP contribution >= 0.6 is 11.6 Å². The quantitative estimate of drug-likeness (QED) is 0.793. The molecule has 1 saturated heterocycles. The lowest BCUT2D eigenvalue weighted by Crippen LogP contribution is -2.33. The number of rotatable bonds is 4. The number of hydrogen-bond acceptors (Lipinski definition) is 3. The molecular formula is C14H19ClN2O2. The third kappa shape index (κ3) is 4.11. The first-order valence-corrected chi connectivity index (χ1v) is 7.02. The Hall–Kier alpha value is -1.26. The van der Waals surface area contributed by atoms with Crippen LogP contribution in [0.5, 0.6) is 5.75 Å². The number of carbonyl (C=O) groups excluding carboxylic acids is 1. The lowest BCUT2D eigenvalue weighted by atomic mass is 9.96. The molecule has 0 aliphatic carbocycles. The fourth-order valence-corrected chi connectivity index (χ4v) is 2.49. The highest BCUT2D eigenvalue weighted by Crippen LogP contribution is 2.23. The summed E-state index contributed by atoms with van der Waals surface area (Å²) in [7, 11) is 0. The minimum atomic E-state index is -0.148. The van der Waals surface area contributed by atoms with Crippen LogP contribution in [0.15, 0.2) is 18.2 Å². The summed E-state index contributed by atoms with van der Waals surface area (Å²) in [4.78, 5) is 11.9. The molecule has 1 aromatic carbocycles. The standard InChI is InChI=1S/C14H19ClN2O2/c15-12-8-11(3-4-13(12)18)14(19)17-7-5-10-2-1-6-16-9-10/h3-4,8,10,16,18H,1-2,5-7,9H2,(H,17,19). The Bertz CT molecular complexity index is 445. The van der Waals surface area contributed by atoms with Gasteiger partial charge in [0.2, 0.25) is 0 Å². The maximum Gasteiger partial charge on any atom is 0.251 e. The lowest BCUT2D eigenvalue weighted by molar-refractivity contribution is 0.0950. The number of halogens is 1. The normalized spacial score (nSPS) is 19.1. The Morgan fingerprint density at radius 3 is 3.05 bits per heavy atom. The zero-order valence-electron chi connectivity index (χ0n) is 10.8. The Balaban J connectivity index is 1.78. The van der Waals surface area contributed by atoms with Gasteiger partial charge in [-0.05, 0) is 56.5 Å². The van der Waals surface area contributed by atoms with Gasteiger partial charge in [0.1, 0.15) is 5.75 Å². The largest absolute Gasteiger partial charge is 0.506 e. The Kier molecular flexibility index (Phi) is 5.05. The van der Waals surface area contributed by atoms with Crippen LogP contribution in [0, 0.1) is 5.92 Å². The van der Waals surface area contributed by atoms with E-state index in [1.54, 1.807) is 6.07 Å². The molecule has 1 amide bonds. The molecule has 0 saturated carbocycles. The number of carbonyl (C=O) groups is 1. The molecule has 0 bridgehead atoms. The van der Waals surface area contributed by atoms with Crippen LogP contribution in [0.25, 0.3) is 0 Å². The highest BCUT2D eigenvalue weighted by Gasteiger charge is 2.13. The molecule has 3 N–H and O–H groups in total. The highest BCUT2D eigenvalue weighted by atomic mass is 35.5. The van der Waals surface area contributed by atoms with Crippen molar-refractivity contribution < 1.29 is 9.90 Å². The Morgan fingerprint density at radius 2 is 2.37 bits per heavy atom. The smallest absolute Gasteiger partial charge is 0.251 e. The van der Waals surface area contributed by atoms with Crippen LogP contribution < -0.4 is 10.6 Å². The second-order valence-electron chi connectivity index (χ2n) is 4.92. The second-order valence-corrected chi connectivity index (χ2v) is 5.33. The maximum absolute atomic E-state index is 11.9. The van der Waals surface area contributed by atoms with Gasteiger partial charge in [0.05, 0.1) is 5.02 Å². The number of benzene rings is 1. The summed E-state index contributed by atoms with van der Waals surface area (Å²) in [6.07, 6.45) is 3.44. The van der Waals surface area contributed by atoms with Crippen molar-refractivity contribution in [3.63, 3.8) is 0 Å². The molecular weight excluding hydrogens is 264 g/mol. The van der Waals surface area contributed by atoms with E-state index >= 15 is 0 Å². The molecule has 2 rings (SSSR count). The summed E-state index contributed by atoms with van der Waals surface area (Å²) in [5, 5.41) is 15.7. The number of amides is 1. The Morgan fingerprint density at radius 1 is 1.53 bits per heavy atom. The topological polar surface area (TPSA) is 61.4 Å². The summed E-state index contributed by atoms with van der Waals surface area (Å²) in [5.41, 5.74) is 0.476. The minimum absolute atomic E-state index is 0.00787. The van der Waals surface area contributed by atoms with Crippen molar-refractivity contribution in [1.29, 1.82) is 0 Å². The molecule has 19 heavy (non-hydrogen) atoms. The molecule has 1 aromatic rings. The SMILES string of the molecule is O=C(NCCC1CCCNC1)c1ccc(O)c(Cl)c1. The van der Waals surface area contributed by atoms with E-state index in [1.807, 2.05) is 0 Å². The third-order valence-corrected chi connectivity index (χ3v) is 3.75. The van der Waals surface area contributed by atoms with Crippen molar-refractivity contribution >= 4 is 17.5 Å². The number of hydrogen-bond donors (Lipinski definition) is 3. The van der Waals surface area contributed by atoms with Gasteiger partial charge in [-0.3, -0.25) is 4.79 Å². The van der Waals surface area contributed by atoms with Gasteiger partial charge >= 0.3 is 0 Å². The van der Waals surface area contributed by atoms with E-state index in [4.69, 9.17) is 11.6 Å². The van der Waals surface area contributed by atoms with Crippen LogP contribution in [0.3, 0.4) is 0 Å². The summed E-state index contributed by atoms with van der Waals surface area (Å²) < 4.78 is 0. The molecule has 104 valence electrons. The summed E-state index contributed by atoms with van der Waals surface area (Å²) in [6, 6.07) is 4.48. The molecule has 0 spiro atoms. The summed E-state index contributed by atoms with van der Waals surface area (Å²) in [5.74, 6) is 0.495. The van der Waals surface area contributed by atoms with Gasteiger partial charge in [-0.25, -0.2) is 0 Å². The number of nitrogens with one attached hydrogen (secondary N) is 2. The molecule has 0 radical (unpaired) electrons. The predicted octanol–water partition coefficient (Wildman–Crippen LogP) is 2.17. The van der Waals surface area contributed by atoms with Crippen molar-refractivity contribution in [1.82, 2.24) is 10.6 Å². The van der Waals surface area contributed by atoms with Crippen LogP contribution in [-0.2, 0) is 0 Å². The van der Waals surface area contributed by atoms with E-state index in [1.165, 1.54) is 25.0 Å². The van der Waals surface area contributed by atoms with Crippen molar-refractivity contribution in [2.45, 2.75) is 19.3 Å². The molecule has 5 heteroatoms. The maximum atomic E-state index is 11.9. The number of phenolic OH excluding ortho intramolecular Hbond substituents is 1. The van der Waals surface area contributed by atoms with Gasteiger partial charge in [0.15, 0.2) is 0 Å². The van der Waals surface area contributed by atoms with Gasteiger partial charge in [-0.15, -0.1) is 0 Å². The average molecular weight is 283 g/mol. The molecule has 1 aliphatic heterocycles. The van der Waals surface area contributed by atoms with Crippen LogP contribution in [0.2, 0.25) is 5.02 Å². The van der Waals surface area contributed by atoms with E-state index < -0.39 is 0 Å². The predicted molar refractivity (Wildman–Crippen MR) is 75.7 cm³/mol. The van der Waals surface area contributed by atoms with E-state index in [0.29, 0.717) is 18.0 Å². The fraction of sp³-hybridized carbons (Fsp3) is 0.500. The summed E-state index contributed by atoms with van der Waals surface area (Å²) in [6.45, 7) is 2.82. The molecule has 4 nitrogen and oxygen atoms in total. The Labute approximate surface area is 118 Å². The monoisotopic (exact) mass is 282 g/mol. The van der Waals surface area contributed by atoms with E-state index in [2.05, 4.69) is 10.6 Å². The zero-order chi connectivity index (χ0) is 13.7. The van der Waals surface area contributed by atoms with Crippen LogP contribution in [0.4, 0.5) is 0 Å². The van der Waals surface area contributed by atoms with Crippen molar-refractivity contribution in [3.05, 3.63) is 28.8 Å². The van der Waals surface area contributed by atoms with Crippen molar-refractivity contribution in [2.24, 2.45) is 5.92 Å². The van der Waals surface area contributed by atoms with Gasteiger partial charge in [-0.1, -0.05) is 11.6 Å². The van der Waals surface area contributed by atoms with E-state index in [9.17, 15) is 9.90 Å². The highest BCUT2D eigenvalue weighted by molar-refractivity contribution is 6.32. The molecule has 0 aromatic heterocycles. The first kappa shape index (κ1) is 14.2. The molecule has 1 aliphatic rings. The number of phenols is 1. The third-order valence-electron chi connectivity index (χ3n) is 3.45. The van der Waals surface area contributed by atoms with Gasteiger partial charge in [0.25, 0.3) is 5.91 Å².